The molecule has 21 heavy (non-hydrogen) atoms. The molecule has 2 heterocycles. The number of hydrogen-bond donors (Lipinski definition) is 0. The van der Waals surface area contributed by atoms with Gasteiger partial charge in [0, 0.05) is 23.5 Å². The molecule has 1 aromatic carbocycles. The Morgan fingerprint density at radius 1 is 1.14 bits per heavy atom. The van der Waals surface area contributed by atoms with Gasteiger partial charge in [0.1, 0.15) is 6.54 Å². The van der Waals surface area contributed by atoms with E-state index in [0.29, 0.717) is 18.3 Å². The van der Waals surface area contributed by atoms with Gasteiger partial charge in [0.05, 0.1) is 5.69 Å². The second-order valence-electron chi connectivity index (χ2n) is 4.71. The van der Waals surface area contributed by atoms with Crippen molar-refractivity contribution in [2.75, 3.05) is 5.33 Å². The Morgan fingerprint density at radius 3 is 2.71 bits per heavy atom. The number of halogens is 1. The molecule has 0 saturated heterocycles. The maximum absolute atomic E-state index is 5.66. The second kappa shape index (κ2) is 6.17. The lowest BCUT2D eigenvalue weighted by Gasteiger charge is -1.96. The van der Waals surface area contributed by atoms with Crippen LogP contribution in [0.25, 0.3) is 11.5 Å². The fraction of sp³-hybridized carbons (Fsp3) is 0.286. The summed E-state index contributed by atoms with van der Waals surface area (Å²) in [4.78, 5) is 0. The van der Waals surface area contributed by atoms with Gasteiger partial charge in [-0.3, -0.25) is 0 Å². The highest BCUT2D eigenvalue weighted by Crippen LogP contribution is 2.18. The van der Waals surface area contributed by atoms with Crippen molar-refractivity contribution in [3.8, 4) is 11.5 Å². The summed E-state index contributed by atoms with van der Waals surface area (Å²) >= 11 is 3.38. The van der Waals surface area contributed by atoms with Crippen molar-refractivity contribution in [2.45, 2.75) is 19.9 Å². The van der Waals surface area contributed by atoms with E-state index in [0.717, 1.165) is 23.0 Å². The van der Waals surface area contributed by atoms with E-state index in [2.05, 4.69) is 36.4 Å². The Morgan fingerprint density at radius 2 is 1.95 bits per heavy atom. The second-order valence-corrected chi connectivity index (χ2v) is 5.51. The lowest BCUT2D eigenvalue weighted by atomic mass is 10.1. The number of hydrogen-bond acceptors (Lipinski definition) is 5. The topological polar surface area (TPSA) is 69.6 Å². The van der Waals surface area contributed by atoms with Crippen molar-refractivity contribution in [1.29, 1.82) is 0 Å². The van der Waals surface area contributed by atoms with E-state index in [9.17, 15) is 0 Å². The van der Waals surface area contributed by atoms with E-state index < -0.39 is 0 Å². The van der Waals surface area contributed by atoms with Crippen LogP contribution in [0.5, 0.6) is 0 Å². The SMILES string of the molecule is Cc1ccc(-c2nnc(Cn3cc(CCBr)nn3)o2)cc1. The van der Waals surface area contributed by atoms with Crippen LogP contribution >= 0.6 is 15.9 Å². The molecule has 3 rings (SSSR count). The molecule has 108 valence electrons. The van der Waals surface area contributed by atoms with Crippen molar-refractivity contribution in [1.82, 2.24) is 25.2 Å². The first-order valence-electron chi connectivity index (χ1n) is 6.59. The summed E-state index contributed by atoms with van der Waals surface area (Å²) in [5.41, 5.74) is 3.04. The minimum Gasteiger partial charge on any atom is -0.419 e. The fourth-order valence-electron chi connectivity index (χ4n) is 1.90. The molecule has 0 N–H and O–H groups in total. The summed E-state index contributed by atoms with van der Waals surface area (Å²) in [6.07, 6.45) is 2.73. The monoisotopic (exact) mass is 347 g/mol. The third-order valence-corrected chi connectivity index (χ3v) is 3.40. The van der Waals surface area contributed by atoms with E-state index >= 15 is 0 Å². The minimum atomic E-state index is 0.425. The van der Waals surface area contributed by atoms with E-state index in [1.54, 1.807) is 4.68 Å². The lowest BCUT2D eigenvalue weighted by Crippen LogP contribution is -2.00. The van der Waals surface area contributed by atoms with Gasteiger partial charge in [0.2, 0.25) is 11.8 Å². The number of aryl methyl sites for hydroxylation is 2. The smallest absolute Gasteiger partial charge is 0.247 e. The van der Waals surface area contributed by atoms with Crippen LogP contribution in [0.15, 0.2) is 34.9 Å². The van der Waals surface area contributed by atoms with Crippen molar-refractivity contribution >= 4 is 15.9 Å². The van der Waals surface area contributed by atoms with Crippen molar-refractivity contribution < 1.29 is 4.42 Å². The Kier molecular flexibility index (Phi) is 4.10. The molecule has 0 unspecified atom stereocenters. The molecule has 0 aliphatic carbocycles. The highest BCUT2D eigenvalue weighted by atomic mass is 79.9. The molecule has 0 atom stereocenters. The molecule has 0 amide bonds. The molecule has 0 radical (unpaired) electrons. The molecule has 7 heteroatoms. The van der Waals surface area contributed by atoms with E-state index in [1.165, 1.54) is 5.56 Å². The number of alkyl halides is 1. The Hall–Kier alpha value is -2.02. The summed E-state index contributed by atoms with van der Waals surface area (Å²) in [7, 11) is 0. The van der Waals surface area contributed by atoms with Gasteiger partial charge in [-0.05, 0) is 19.1 Å². The average Bonchev–Trinajstić information content (AvgIpc) is 3.11. The van der Waals surface area contributed by atoms with Crippen molar-refractivity contribution in [2.24, 2.45) is 0 Å². The molecule has 0 bridgehead atoms. The maximum atomic E-state index is 5.66. The number of aromatic nitrogens is 5. The largest absolute Gasteiger partial charge is 0.419 e. The van der Waals surface area contributed by atoms with Gasteiger partial charge in [-0.25, -0.2) is 4.68 Å². The van der Waals surface area contributed by atoms with Gasteiger partial charge in [-0.1, -0.05) is 38.8 Å². The first kappa shape index (κ1) is 13.9. The standard InChI is InChI=1S/C14H14BrN5O/c1-10-2-4-11(5-3-10)14-18-17-13(21-14)9-20-8-12(6-7-15)16-19-20/h2-5,8H,6-7,9H2,1H3. The zero-order valence-corrected chi connectivity index (χ0v) is 13.1. The highest BCUT2D eigenvalue weighted by molar-refractivity contribution is 9.09. The van der Waals surface area contributed by atoms with Gasteiger partial charge in [-0.2, -0.15) is 0 Å². The molecule has 0 aliphatic heterocycles. The molecule has 0 saturated carbocycles. The van der Waals surface area contributed by atoms with Crippen LogP contribution in [0, 0.1) is 6.92 Å². The van der Waals surface area contributed by atoms with Crippen LogP contribution in [0.1, 0.15) is 17.1 Å². The van der Waals surface area contributed by atoms with Gasteiger partial charge in [0.15, 0.2) is 0 Å². The minimum absolute atomic E-state index is 0.425. The first-order chi connectivity index (χ1) is 10.2. The average molecular weight is 348 g/mol. The third-order valence-electron chi connectivity index (χ3n) is 3.00. The van der Waals surface area contributed by atoms with Gasteiger partial charge in [-0.15, -0.1) is 15.3 Å². The first-order valence-corrected chi connectivity index (χ1v) is 7.71. The molecule has 0 fully saturated rings. The molecule has 0 aliphatic rings. The third kappa shape index (κ3) is 3.36. The van der Waals surface area contributed by atoms with Crippen LogP contribution in [0.2, 0.25) is 0 Å². The van der Waals surface area contributed by atoms with E-state index in [4.69, 9.17) is 4.42 Å². The van der Waals surface area contributed by atoms with Crippen molar-refractivity contribution in [3.05, 3.63) is 47.6 Å². The van der Waals surface area contributed by atoms with Crippen molar-refractivity contribution in [3.63, 3.8) is 0 Å². The molecule has 6 nitrogen and oxygen atoms in total. The van der Waals surface area contributed by atoms with E-state index in [1.807, 2.05) is 37.4 Å². The van der Waals surface area contributed by atoms with Crippen LogP contribution < -0.4 is 0 Å². The molecular formula is C14H14BrN5O. The van der Waals surface area contributed by atoms with E-state index in [-0.39, 0.29) is 0 Å². The molecule has 2 aromatic heterocycles. The van der Waals surface area contributed by atoms with Gasteiger partial charge in [0.25, 0.3) is 0 Å². The zero-order chi connectivity index (χ0) is 14.7. The Bertz CT molecular complexity index is 719. The summed E-state index contributed by atoms with van der Waals surface area (Å²) in [6.45, 7) is 2.46. The number of nitrogens with zero attached hydrogens (tertiary/aromatic N) is 5. The Labute approximate surface area is 130 Å². The number of rotatable bonds is 5. The lowest BCUT2D eigenvalue weighted by molar-refractivity contribution is 0.469. The normalized spacial score (nSPS) is 11.0. The van der Waals surface area contributed by atoms with Crippen LogP contribution in [-0.2, 0) is 13.0 Å². The summed E-state index contributed by atoms with van der Waals surface area (Å²) in [5.74, 6) is 1.03. The van der Waals surface area contributed by atoms with Gasteiger partial charge >= 0.3 is 0 Å². The molecule has 0 spiro atoms. The maximum Gasteiger partial charge on any atom is 0.247 e. The fourth-order valence-corrected chi connectivity index (χ4v) is 2.30. The van der Waals surface area contributed by atoms with Crippen LogP contribution in [0.4, 0.5) is 0 Å². The number of benzene rings is 1. The van der Waals surface area contributed by atoms with Gasteiger partial charge < -0.3 is 4.42 Å². The zero-order valence-electron chi connectivity index (χ0n) is 11.5. The molecule has 3 aromatic rings. The van der Waals surface area contributed by atoms with Crippen LogP contribution in [0.3, 0.4) is 0 Å². The summed E-state index contributed by atoms with van der Waals surface area (Å²) in [5, 5.41) is 17.1. The highest BCUT2D eigenvalue weighted by Gasteiger charge is 2.10. The summed E-state index contributed by atoms with van der Waals surface area (Å²) < 4.78 is 7.36. The Balaban J connectivity index is 1.73. The molecular weight excluding hydrogens is 334 g/mol. The quantitative estimate of drug-likeness (QED) is 0.663. The predicted molar refractivity (Wildman–Crippen MR) is 81.1 cm³/mol. The summed E-state index contributed by atoms with van der Waals surface area (Å²) in [6, 6.07) is 7.97. The predicted octanol–water partition coefficient (Wildman–Crippen LogP) is 2.62. The van der Waals surface area contributed by atoms with Crippen LogP contribution in [-0.4, -0.2) is 30.5 Å².